The maximum Gasteiger partial charge on any atom is 0.0212 e. The van der Waals surface area contributed by atoms with E-state index in [1.165, 1.54) is 0 Å². The van der Waals surface area contributed by atoms with E-state index in [1.54, 1.807) is 0 Å². The van der Waals surface area contributed by atoms with Crippen LogP contribution in [0.4, 0.5) is 0 Å². The maximum absolute atomic E-state index is 5.51. The van der Waals surface area contributed by atoms with Crippen LogP contribution in [0.3, 0.4) is 0 Å². The third kappa shape index (κ3) is 7.48. The van der Waals surface area contributed by atoms with E-state index in [1.807, 2.05) is 6.92 Å². The molecule has 0 unspecified atom stereocenters. The van der Waals surface area contributed by atoms with Gasteiger partial charge in [0.15, 0.2) is 0 Å². The Kier molecular flexibility index (Phi) is 6.25. The smallest absolute Gasteiger partial charge is 0.0212 e. The van der Waals surface area contributed by atoms with Gasteiger partial charge < -0.3 is 11.5 Å². The summed E-state index contributed by atoms with van der Waals surface area (Å²) in [5.74, 6) is 5.97. The lowest BCUT2D eigenvalue weighted by molar-refractivity contribution is 0.683. The van der Waals surface area contributed by atoms with E-state index in [-0.39, 0.29) is 6.04 Å². The second kappa shape index (κ2) is 6.60. The lowest BCUT2D eigenvalue weighted by Crippen LogP contribution is -2.13. The van der Waals surface area contributed by atoms with Gasteiger partial charge in [-0.1, -0.05) is 0 Å². The molecule has 0 amide bonds. The fourth-order valence-electron chi connectivity index (χ4n) is 0.549. The van der Waals surface area contributed by atoms with Crippen molar-refractivity contribution in [2.75, 3.05) is 6.54 Å². The van der Waals surface area contributed by atoms with Crippen LogP contribution in [-0.4, -0.2) is 12.6 Å². The first kappa shape index (κ1) is 9.48. The molecule has 0 aliphatic rings. The number of nitrogens with two attached hydrogens (primary N) is 2. The Morgan fingerprint density at radius 2 is 1.90 bits per heavy atom. The van der Waals surface area contributed by atoms with Gasteiger partial charge in [0.25, 0.3) is 0 Å². The quantitative estimate of drug-likeness (QED) is 0.560. The van der Waals surface area contributed by atoms with Gasteiger partial charge in [-0.3, -0.25) is 0 Å². The lowest BCUT2D eigenvalue weighted by atomic mass is 10.2. The Morgan fingerprint density at radius 3 is 2.40 bits per heavy atom. The summed E-state index contributed by atoms with van der Waals surface area (Å²) in [5.41, 5.74) is 10.8. The number of hydrogen-bond donors (Lipinski definition) is 2. The number of rotatable bonds is 3. The van der Waals surface area contributed by atoms with Crippen LogP contribution in [0, 0.1) is 11.8 Å². The van der Waals surface area contributed by atoms with E-state index in [0.717, 1.165) is 19.3 Å². The highest BCUT2D eigenvalue weighted by molar-refractivity contribution is 4.99. The van der Waals surface area contributed by atoms with Crippen molar-refractivity contribution in [1.82, 2.24) is 0 Å². The second-order valence-corrected chi connectivity index (χ2v) is 2.41. The van der Waals surface area contributed by atoms with Crippen molar-refractivity contribution in [1.29, 1.82) is 0 Å². The molecule has 0 saturated carbocycles. The summed E-state index contributed by atoms with van der Waals surface area (Å²) in [6.07, 6.45) is 2.69. The molecule has 0 fully saturated rings. The molecule has 0 heterocycles. The second-order valence-electron chi connectivity index (χ2n) is 2.41. The highest BCUT2D eigenvalue weighted by atomic mass is 14.6. The fourth-order valence-corrected chi connectivity index (χ4v) is 0.549. The summed E-state index contributed by atoms with van der Waals surface area (Å²) in [6.45, 7) is 2.65. The first-order valence-corrected chi connectivity index (χ1v) is 3.68. The molecule has 4 N–H and O–H groups in total. The molecule has 0 spiro atoms. The SMILES string of the molecule is C[C@H](N)CCC#CCCN. The monoisotopic (exact) mass is 140 g/mol. The molecule has 0 bridgehead atoms. The molecule has 58 valence electrons. The molecule has 0 radical (unpaired) electrons. The van der Waals surface area contributed by atoms with E-state index in [4.69, 9.17) is 11.5 Å². The summed E-state index contributed by atoms with van der Waals surface area (Å²) >= 11 is 0. The number of hydrogen-bond acceptors (Lipinski definition) is 2. The third-order valence-electron chi connectivity index (χ3n) is 1.12. The zero-order valence-electron chi connectivity index (χ0n) is 6.56. The maximum atomic E-state index is 5.51. The average molecular weight is 140 g/mol. The molecule has 0 aromatic carbocycles. The molecule has 2 nitrogen and oxygen atoms in total. The fraction of sp³-hybridized carbons (Fsp3) is 0.750. The summed E-state index contributed by atoms with van der Waals surface area (Å²) in [5, 5.41) is 0. The van der Waals surface area contributed by atoms with Crippen molar-refractivity contribution in [3.05, 3.63) is 0 Å². The summed E-state index contributed by atoms with van der Waals surface area (Å²) in [4.78, 5) is 0. The van der Waals surface area contributed by atoms with Gasteiger partial charge in [0.05, 0.1) is 0 Å². The molecular weight excluding hydrogens is 124 g/mol. The molecule has 0 saturated heterocycles. The van der Waals surface area contributed by atoms with Gasteiger partial charge in [-0.05, 0) is 13.3 Å². The van der Waals surface area contributed by atoms with Crippen molar-refractivity contribution in [3.63, 3.8) is 0 Å². The van der Waals surface area contributed by atoms with Gasteiger partial charge >= 0.3 is 0 Å². The van der Waals surface area contributed by atoms with Gasteiger partial charge in [0.2, 0.25) is 0 Å². The minimum Gasteiger partial charge on any atom is -0.330 e. The van der Waals surface area contributed by atoms with Gasteiger partial charge in [0.1, 0.15) is 0 Å². The molecule has 2 heteroatoms. The van der Waals surface area contributed by atoms with Crippen LogP contribution in [0.15, 0.2) is 0 Å². The molecule has 0 aromatic rings. The van der Waals surface area contributed by atoms with E-state index in [2.05, 4.69) is 11.8 Å². The van der Waals surface area contributed by atoms with E-state index in [9.17, 15) is 0 Å². The average Bonchev–Trinajstić information content (AvgIpc) is 1.87. The molecule has 0 rings (SSSR count). The van der Waals surface area contributed by atoms with Crippen LogP contribution in [0.25, 0.3) is 0 Å². The van der Waals surface area contributed by atoms with Crippen LogP contribution in [0.1, 0.15) is 26.2 Å². The standard InChI is InChI=1S/C8H16N2/c1-8(10)6-4-2-3-5-7-9/h8H,4-7,9-10H2,1H3/t8-/m0/s1. The summed E-state index contributed by atoms with van der Waals surface area (Å²) in [7, 11) is 0. The van der Waals surface area contributed by atoms with Crippen molar-refractivity contribution in [3.8, 4) is 11.8 Å². The van der Waals surface area contributed by atoms with Crippen LogP contribution < -0.4 is 11.5 Å². The largest absolute Gasteiger partial charge is 0.330 e. The highest BCUT2D eigenvalue weighted by Gasteiger charge is 1.88. The van der Waals surface area contributed by atoms with Crippen molar-refractivity contribution in [2.24, 2.45) is 11.5 Å². The Labute approximate surface area is 63.0 Å². The van der Waals surface area contributed by atoms with Crippen molar-refractivity contribution >= 4 is 0 Å². The van der Waals surface area contributed by atoms with Crippen molar-refractivity contribution < 1.29 is 0 Å². The lowest BCUT2D eigenvalue weighted by Gasteiger charge is -1.97. The first-order chi connectivity index (χ1) is 4.77. The first-order valence-electron chi connectivity index (χ1n) is 3.68. The predicted octanol–water partition coefficient (Wildman–Crippen LogP) is 0.466. The molecule has 1 atom stereocenters. The topological polar surface area (TPSA) is 52.0 Å². The Hall–Kier alpha value is -0.520. The Bertz CT molecular complexity index is 119. The third-order valence-corrected chi connectivity index (χ3v) is 1.12. The van der Waals surface area contributed by atoms with Crippen LogP contribution in [-0.2, 0) is 0 Å². The van der Waals surface area contributed by atoms with E-state index < -0.39 is 0 Å². The zero-order valence-corrected chi connectivity index (χ0v) is 6.56. The minimum atomic E-state index is 0.271. The molecular formula is C8H16N2. The Balaban J connectivity index is 3.12. The van der Waals surface area contributed by atoms with Gasteiger partial charge in [-0.15, -0.1) is 11.8 Å². The van der Waals surface area contributed by atoms with Crippen LogP contribution in [0.2, 0.25) is 0 Å². The molecule has 10 heavy (non-hydrogen) atoms. The zero-order chi connectivity index (χ0) is 7.82. The van der Waals surface area contributed by atoms with E-state index in [0.29, 0.717) is 6.54 Å². The van der Waals surface area contributed by atoms with Crippen LogP contribution >= 0.6 is 0 Å². The predicted molar refractivity (Wildman–Crippen MR) is 44.3 cm³/mol. The molecule has 0 aromatic heterocycles. The van der Waals surface area contributed by atoms with Gasteiger partial charge in [-0.25, -0.2) is 0 Å². The van der Waals surface area contributed by atoms with Crippen LogP contribution in [0.5, 0.6) is 0 Å². The van der Waals surface area contributed by atoms with E-state index >= 15 is 0 Å². The highest BCUT2D eigenvalue weighted by Crippen LogP contribution is 1.90. The normalized spacial score (nSPS) is 11.9. The van der Waals surface area contributed by atoms with Crippen molar-refractivity contribution in [2.45, 2.75) is 32.2 Å². The molecule has 0 aliphatic heterocycles. The minimum absolute atomic E-state index is 0.271. The summed E-state index contributed by atoms with van der Waals surface area (Å²) in [6, 6.07) is 0.271. The van der Waals surface area contributed by atoms with Gasteiger partial charge in [0, 0.05) is 25.4 Å². The van der Waals surface area contributed by atoms with Gasteiger partial charge in [-0.2, -0.15) is 0 Å². The molecule has 0 aliphatic carbocycles. The summed E-state index contributed by atoms with van der Waals surface area (Å²) < 4.78 is 0. The Morgan fingerprint density at radius 1 is 1.30 bits per heavy atom.